The topological polar surface area (TPSA) is 46.8 Å². The second-order valence-corrected chi connectivity index (χ2v) is 5.69. The lowest BCUT2D eigenvalue weighted by Gasteiger charge is -2.06. The number of hydrogen-bond acceptors (Lipinski definition) is 3. The van der Waals surface area contributed by atoms with E-state index in [0.717, 1.165) is 22.8 Å². The van der Waals surface area contributed by atoms with Crippen molar-refractivity contribution in [1.82, 2.24) is 14.8 Å². The minimum Gasteiger partial charge on any atom is -0.469 e. The van der Waals surface area contributed by atoms with E-state index in [9.17, 15) is 0 Å². The predicted molar refractivity (Wildman–Crippen MR) is 83.9 cm³/mol. The highest BCUT2D eigenvalue weighted by atomic mass is 127. The summed E-state index contributed by atoms with van der Waals surface area (Å²) in [5.74, 6) is 1.58. The summed E-state index contributed by atoms with van der Waals surface area (Å²) in [5.41, 5.74) is 1.92. The summed E-state index contributed by atoms with van der Waals surface area (Å²) in [6.45, 7) is 1.91. The van der Waals surface area contributed by atoms with Gasteiger partial charge in [0.25, 0.3) is 0 Å². The van der Waals surface area contributed by atoms with Crippen molar-refractivity contribution >= 4 is 34.8 Å². The number of nitrogens with one attached hydrogen (secondary N) is 1. The van der Waals surface area contributed by atoms with Gasteiger partial charge in [-0.3, -0.25) is 9.67 Å². The third-order valence-corrected chi connectivity index (χ3v) is 3.85. The van der Waals surface area contributed by atoms with Crippen molar-refractivity contribution in [2.45, 2.75) is 6.92 Å². The summed E-state index contributed by atoms with van der Waals surface area (Å²) in [4.78, 5) is 0. The maximum atomic E-state index is 5.34. The number of halogens is 1. The minimum absolute atomic E-state index is 0.566. The third kappa shape index (κ3) is 2.25. The number of aromatic amines is 1. The van der Waals surface area contributed by atoms with Gasteiger partial charge < -0.3 is 4.42 Å². The largest absolute Gasteiger partial charge is 0.469 e. The van der Waals surface area contributed by atoms with Gasteiger partial charge in [0, 0.05) is 3.57 Å². The Bertz CT molecular complexity index is 770. The molecule has 3 aromatic rings. The average Bonchev–Trinajstić information content (AvgIpc) is 2.97. The predicted octanol–water partition coefficient (Wildman–Crippen LogP) is 4.10. The van der Waals surface area contributed by atoms with Crippen LogP contribution in [-0.4, -0.2) is 14.8 Å². The molecule has 0 amide bonds. The highest BCUT2D eigenvalue weighted by Gasteiger charge is 2.14. The van der Waals surface area contributed by atoms with Gasteiger partial charge in [-0.05, 0) is 72.1 Å². The van der Waals surface area contributed by atoms with Crippen molar-refractivity contribution in [2.24, 2.45) is 0 Å². The molecule has 0 fully saturated rings. The number of aromatic nitrogens is 3. The number of furan rings is 1. The number of aryl methyl sites for hydroxylation is 1. The lowest BCUT2D eigenvalue weighted by Crippen LogP contribution is -1.97. The molecule has 0 aliphatic heterocycles. The fourth-order valence-corrected chi connectivity index (χ4v) is 2.52. The summed E-state index contributed by atoms with van der Waals surface area (Å²) in [6, 6.07) is 10.0. The summed E-state index contributed by atoms with van der Waals surface area (Å²) in [6.07, 6.45) is 1.65. The molecule has 3 rings (SSSR count). The number of rotatable bonds is 2. The molecule has 2 aromatic heterocycles. The van der Waals surface area contributed by atoms with E-state index >= 15 is 0 Å². The fraction of sp³-hybridized carbons (Fsp3) is 0.0769. The standard InChI is InChI=1S/C13H10IN3OS/c1-8-11(6-7-18-8)12-15-16-13(19)17(12)10-4-2-9(14)3-5-10/h2-7H,1H3,(H,16,19). The van der Waals surface area contributed by atoms with Gasteiger partial charge in [0.05, 0.1) is 17.5 Å². The number of benzene rings is 1. The fourth-order valence-electron chi connectivity index (χ4n) is 1.92. The van der Waals surface area contributed by atoms with E-state index in [4.69, 9.17) is 16.6 Å². The first-order chi connectivity index (χ1) is 9.16. The Morgan fingerprint density at radius 2 is 2.00 bits per heavy atom. The molecule has 0 aliphatic rings. The lowest BCUT2D eigenvalue weighted by molar-refractivity contribution is 0.535. The van der Waals surface area contributed by atoms with Crippen LogP contribution in [0.5, 0.6) is 0 Å². The van der Waals surface area contributed by atoms with Crippen LogP contribution in [0.1, 0.15) is 5.76 Å². The SMILES string of the molecule is Cc1occc1-c1n[nH]c(=S)n1-c1ccc(I)cc1. The first-order valence-corrected chi connectivity index (χ1v) is 7.13. The Hall–Kier alpha value is -1.41. The van der Waals surface area contributed by atoms with Gasteiger partial charge in [-0.25, -0.2) is 0 Å². The normalized spacial score (nSPS) is 10.8. The third-order valence-electron chi connectivity index (χ3n) is 2.86. The maximum absolute atomic E-state index is 5.34. The Balaban J connectivity index is 2.22. The van der Waals surface area contributed by atoms with Crippen molar-refractivity contribution < 1.29 is 4.42 Å². The molecule has 0 saturated heterocycles. The van der Waals surface area contributed by atoms with E-state index in [0.29, 0.717) is 4.77 Å². The van der Waals surface area contributed by atoms with Crippen LogP contribution in [0.25, 0.3) is 17.1 Å². The van der Waals surface area contributed by atoms with Crippen LogP contribution in [0.3, 0.4) is 0 Å². The Morgan fingerprint density at radius 3 is 2.63 bits per heavy atom. The summed E-state index contributed by atoms with van der Waals surface area (Å²) in [5, 5.41) is 7.14. The van der Waals surface area contributed by atoms with Crippen LogP contribution >= 0.6 is 34.8 Å². The van der Waals surface area contributed by atoms with E-state index < -0.39 is 0 Å². The molecule has 0 atom stereocenters. The minimum atomic E-state index is 0.566. The quantitative estimate of drug-likeness (QED) is 0.535. The highest BCUT2D eigenvalue weighted by Crippen LogP contribution is 2.25. The van der Waals surface area contributed by atoms with Crippen LogP contribution in [0.2, 0.25) is 0 Å². The molecule has 19 heavy (non-hydrogen) atoms. The van der Waals surface area contributed by atoms with E-state index in [-0.39, 0.29) is 0 Å². The zero-order valence-corrected chi connectivity index (χ0v) is 13.0. The van der Waals surface area contributed by atoms with Gasteiger partial charge in [0.1, 0.15) is 5.76 Å². The molecule has 96 valence electrons. The molecule has 0 spiro atoms. The highest BCUT2D eigenvalue weighted by molar-refractivity contribution is 14.1. The van der Waals surface area contributed by atoms with E-state index in [1.807, 2.05) is 41.8 Å². The van der Waals surface area contributed by atoms with Gasteiger partial charge in [0.2, 0.25) is 0 Å². The summed E-state index contributed by atoms with van der Waals surface area (Å²) >= 11 is 7.59. The van der Waals surface area contributed by atoms with Gasteiger partial charge >= 0.3 is 0 Å². The van der Waals surface area contributed by atoms with E-state index in [1.165, 1.54) is 3.57 Å². The Labute approximate surface area is 128 Å². The molecule has 0 saturated carbocycles. The lowest BCUT2D eigenvalue weighted by atomic mass is 10.2. The Kier molecular flexibility index (Phi) is 3.28. The molecule has 6 heteroatoms. The maximum Gasteiger partial charge on any atom is 0.200 e. The van der Waals surface area contributed by atoms with Crippen LogP contribution in [-0.2, 0) is 0 Å². The van der Waals surface area contributed by atoms with Crippen LogP contribution in [0.4, 0.5) is 0 Å². The van der Waals surface area contributed by atoms with Crippen LogP contribution in [0, 0.1) is 15.3 Å². The average molecular weight is 383 g/mol. The van der Waals surface area contributed by atoms with Gasteiger partial charge in [-0.2, -0.15) is 5.10 Å². The number of H-pyrrole nitrogens is 1. The molecule has 1 N–H and O–H groups in total. The zero-order chi connectivity index (χ0) is 13.4. The van der Waals surface area contributed by atoms with Crippen molar-refractivity contribution in [2.75, 3.05) is 0 Å². The second kappa shape index (κ2) is 4.93. The van der Waals surface area contributed by atoms with Gasteiger partial charge in [-0.15, -0.1) is 0 Å². The second-order valence-electron chi connectivity index (χ2n) is 4.05. The monoisotopic (exact) mass is 383 g/mol. The molecular formula is C13H10IN3OS. The molecule has 2 heterocycles. The molecule has 0 aliphatic carbocycles. The zero-order valence-electron chi connectivity index (χ0n) is 10.1. The molecule has 0 unspecified atom stereocenters. The molecule has 0 radical (unpaired) electrons. The smallest absolute Gasteiger partial charge is 0.200 e. The van der Waals surface area contributed by atoms with Crippen LogP contribution < -0.4 is 0 Å². The van der Waals surface area contributed by atoms with Gasteiger partial charge in [0.15, 0.2) is 10.6 Å². The van der Waals surface area contributed by atoms with E-state index in [2.05, 4.69) is 32.8 Å². The first-order valence-electron chi connectivity index (χ1n) is 5.64. The molecule has 4 nitrogen and oxygen atoms in total. The number of nitrogens with zero attached hydrogens (tertiary/aromatic N) is 2. The van der Waals surface area contributed by atoms with Crippen molar-refractivity contribution in [3.8, 4) is 17.1 Å². The summed E-state index contributed by atoms with van der Waals surface area (Å²) in [7, 11) is 0. The first kappa shape index (κ1) is 12.6. The van der Waals surface area contributed by atoms with Crippen molar-refractivity contribution in [1.29, 1.82) is 0 Å². The van der Waals surface area contributed by atoms with E-state index in [1.54, 1.807) is 6.26 Å². The van der Waals surface area contributed by atoms with Crippen molar-refractivity contribution in [3.05, 3.63) is 50.7 Å². The molecular weight excluding hydrogens is 373 g/mol. The van der Waals surface area contributed by atoms with Gasteiger partial charge in [-0.1, -0.05) is 0 Å². The van der Waals surface area contributed by atoms with Crippen LogP contribution in [0.15, 0.2) is 41.0 Å². The summed E-state index contributed by atoms with van der Waals surface area (Å²) < 4.78 is 8.99. The van der Waals surface area contributed by atoms with Crippen molar-refractivity contribution in [3.63, 3.8) is 0 Å². The molecule has 0 bridgehead atoms. The molecule has 1 aromatic carbocycles. The number of hydrogen-bond donors (Lipinski definition) is 1. The Morgan fingerprint density at radius 1 is 1.26 bits per heavy atom.